The van der Waals surface area contributed by atoms with Crippen LogP contribution in [0.3, 0.4) is 0 Å². The molecule has 1 amide bonds. The third kappa shape index (κ3) is 4.87. The van der Waals surface area contributed by atoms with Gasteiger partial charge in [-0.2, -0.15) is 0 Å². The highest BCUT2D eigenvalue weighted by molar-refractivity contribution is 8.18. The Hall–Kier alpha value is -3.91. The van der Waals surface area contributed by atoms with Crippen molar-refractivity contribution in [2.75, 3.05) is 0 Å². The van der Waals surface area contributed by atoms with E-state index in [0.717, 1.165) is 11.1 Å². The first-order valence-corrected chi connectivity index (χ1v) is 10.6. The van der Waals surface area contributed by atoms with E-state index in [1.54, 1.807) is 4.90 Å². The maximum absolute atomic E-state index is 13.2. The van der Waals surface area contributed by atoms with Gasteiger partial charge in [0.25, 0.3) is 11.6 Å². The maximum atomic E-state index is 13.2. The summed E-state index contributed by atoms with van der Waals surface area (Å²) < 4.78 is 0. The number of carbonyl (C=O) groups excluding carboxylic acids is 1. The summed E-state index contributed by atoms with van der Waals surface area (Å²) in [5, 5.41) is 21.8. The highest BCUT2D eigenvalue weighted by Gasteiger charge is 2.33. The van der Waals surface area contributed by atoms with Crippen LogP contribution >= 0.6 is 11.8 Å². The fourth-order valence-corrected chi connectivity index (χ4v) is 4.15. The molecule has 0 spiro atoms. The number of non-ortho nitro benzene ring substituents is 1. The Bertz CT molecular complexity index is 1210. The number of hydrogen-bond acceptors (Lipinski definition) is 6. The zero-order valence-corrected chi connectivity index (χ0v) is 17.7. The maximum Gasteiger partial charge on any atom is 0.270 e. The number of aliphatic imine (C=N–C) groups is 1. The van der Waals surface area contributed by atoms with Crippen molar-refractivity contribution < 1.29 is 14.8 Å². The van der Waals surface area contributed by atoms with E-state index in [1.807, 2.05) is 60.7 Å². The van der Waals surface area contributed by atoms with Gasteiger partial charge in [0.05, 0.1) is 22.9 Å². The van der Waals surface area contributed by atoms with E-state index in [1.165, 1.54) is 36.0 Å². The van der Waals surface area contributed by atoms with Crippen LogP contribution in [0.5, 0.6) is 5.75 Å². The molecule has 3 aromatic rings. The Morgan fingerprint density at radius 2 is 1.66 bits per heavy atom. The van der Waals surface area contributed by atoms with Gasteiger partial charge in [-0.25, -0.2) is 0 Å². The quantitative estimate of drug-likeness (QED) is 0.328. The number of nitrogens with zero attached hydrogens (tertiary/aromatic N) is 3. The summed E-state index contributed by atoms with van der Waals surface area (Å²) in [6.45, 7) is 0.760. The zero-order chi connectivity index (χ0) is 22.5. The molecule has 0 radical (unpaired) electrons. The van der Waals surface area contributed by atoms with Crippen LogP contribution in [0.25, 0.3) is 6.08 Å². The van der Waals surface area contributed by atoms with Gasteiger partial charge in [0.15, 0.2) is 5.17 Å². The van der Waals surface area contributed by atoms with Gasteiger partial charge in [-0.15, -0.1) is 0 Å². The summed E-state index contributed by atoms with van der Waals surface area (Å²) >= 11 is 1.19. The lowest BCUT2D eigenvalue weighted by molar-refractivity contribution is -0.384. The highest BCUT2D eigenvalue weighted by Crippen LogP contribution is 2.36. The number of nitro benzene ring substituents is 1. The Balaban J connectivity index is 1.67. The lowest BCUT2D eigenvalue weighted by Gasteiger charge is -2.15. The van der Waals surface area contributed by atoms with E-state index in [-0.39, 0.29) is 22.9 Å². The summed E-state index contributed by atoms with van der Waals surface area (Å²) in [5.41, 5.74) is 2.01. The average molecular weight is 446 g/mol. The van der Waals surface area contributed by atoms with Crippen LogP contribution in [0, 0.1) is 10.1 Å². The molecular weight excluding hydrogens is 426 g/mol. The highest BCUT2D eigenvalue weighted by atomic mass is 32.2. The molecule has 7 nitrogen and oxygen atoms in total. The number of thioether (sulfide) groups is 1. The molecule has 0 aliphatic carbocycles. The molecule has 1 aliphatic rings. The molecule has 8 heteroatoms. The molecule has 160 valence electrons. The van der Waals surface area contributed by atoms with Gasteiger partial charge < -0.3 is 5.11 Å². The number of benzene rings is 3. The van der Waals surface area contributed by atoms with Crippen molar-refractivity contribution in [1.82, 2.24) is 4.90 Å². The van der Waals surface area contributed by atoms with Gasteiger partial charge in [-0.1, -0.05) is 60.7 Å². The first-order chi connectivity index (χ1) is 15.5. The Morgan fingerprint density at radius 3 is 2.31 bits per heavy atom. The normalized spacial score (nSPS) is 16.1. The van der Waals surface area contributed by atoms with Crippen molar-refractivity contribution in [3.05, 3.63) is 111 Å². The fraction of sp³-hybridized carbons (Fsp3) is 0.0833. The summed E-state index contributed by atoms with van der Waals surface area (Å²) in [7, 11) is 0. The smallest absolute Gasteiger partial charge is 0.270 e. The first-order valence-electron chi connectivity index (χ1n) is 9.82. The van der Waals surface area contributed by atoms with E-state index < -0.39 is 4.92 Å². The van der Waals surface area contributed by atoms with Crippen LogP contribution in [0.4, 0.5) is 5.69 Å². The number of phenols is 1. The Kier molecular flexibility index (Phi) is 6.32. The minimum Gasteiger partial charge on any atom is -0.507 e. The summed E-state index contributed by atoms with van der Waals surface area (Å²) in [5.74, 6) is -0.405. The minimum atomic E-state index is -0.542. The number of phenolic OH excluding ortho intramolecular Hbond substituents is 1. The standard InChI is InChI=1S/C24H19N3O4S/c28-21-12-11-20(27(30)31)13-19(21)14-22-23(29)26(16-18-9-5-2-6-10-18)24(32-22)25-15-17-7-3-1-4-8-17/h1-14,28H,15-16H2/b22-14-,25-24?. The molecule has 0 aromatic heterocycles. The van der Waals surface area contributed by atoms with Crippen LogP contribution in [-0.4, -0.2) is 26.0 Å². The molecule has 3 aromatic carbocycles. The van der Waals surface area contributed by atoms with Crippen molar-refractivity contribution in [3.63, 3.8) is 0 Å². The summed E-state index contributed by atoms with van der Waals surface area (Å²) in [6.07, 6.45) is 1.47. The molecule has 32 heavy (non-hydrogen) atoms. The van der Waals surface area contributed by atoms with E-state index in [9.17, 15) is 20.0 Å². The number of rotatable bonds is 6. The zero-order valence-electron chi connectivity index (χ0n) is 16.9. The molecule has 1 heterocycles. The fourth-order valence-electron chi connectivity index (χ4n) is 3.19. The predicted molar refractivity (Wildman–Crippen MR) is 125 cm³/mol. The molecule has 4 rings (SSSR count). The van der Waals surface area contributed by atoms with Crippen LogP contribution in [0.2, 0.25) is 0 Å². The number of aromatic hydroxyl groups is 1. The van der Waals surface area contributed by atoms with Crippen molar-refractivity contribution in [2.24, 2.45) is 4.99 Å². The number of amides is 1. The van der Waals surface area contributed by atoms with Crippen LogP contribution in [-0.2, 0) is 17.9 Å². The lowest BCUT2D eigenvalue weighted by atomic mass is 10.1. The van der Waals surface area contributed by atoms with Crippen LogP contribution in [0.1, 0.15) is 16.7 Å². The molecule has 0 bridgehead atoms. The van der Waals surface area contributed by atoms with Gasteiger partial charge in [-0.3, -0.25) is 24.8 Å². The van der Waals surface area contributed by atoms with Crippen molar-refractivity contribution in [3.8, 4) is 5.75 Å². The largest absolute Gasteiger partial charge is 0.507 e. The van der Waals surface area contributed by atoms with Gasteiger partial charge in [0.2, 0.25) is 0 Å². The molecule has 1 saturated heterocycles. The average Bonchev–Trinajstić information content (AvgIpc) is 3.09. The Morgan fingerprint density at radius 1 is 1.00 bits per heavy atom. The molecular formula is C24H19N3O4S. The van der Waals surface area contributed by atoms with Gasteiger partial charge >= 0.3 is 0 Å². The van der Waals surface area contributed by atoms with Crippen molar-refractivity contribution >= 4 is 34.6 Å². The molecule has 0 saturated carbocycles. The predicted octanol–water partition coefficient (Wildman–Crippen LogP) is 4.97. The van der Waals surface area contributed by atoms with E-state index in [0.29, 0.717) is 23.2 Å². The van der Waals surface area contributed by atoms with E-state index >= 15 is 0 Å². The summed E-state index contributed by atoms with van der Waals surface area (Å²) in [4.78, 5) is 30.3. The third-order valence-electron chi connectivity index (χ3n) is 4.82. The number of amidine groups is 1. The van der Waals surface area contributed by atoms with E-state index in [4.69, 9.17) is 0 Å². The van der Waals surface area contributed by atoms with Crippen LogP contribution < -0.4 is 0 Å². The second kappa shape index (κ2) is 9.49. The van der Waals surface area contributed by atoms with E-state index in [2.05, 4.69) is 4.99 Å². The third-order valence-corrected chi connectivity index (χ3v) is 5.86. The number of hydrogen-bond donors (Lipinski definition) is 1. The van der Waals surface area contributed by atoms with Gasteiger partial charge in [0, 0.05) is 17.7 Å². The minimum absolute atomic E-state index is 0.138. The molecule has 0 unspecified atom stereocenters. The molecule has 1 fully saturated rings. The monoisotopic (exact) mass is 445 g/mol. The second-order valence-corrected chi connectivity index (χ2v) is 8.08. The number of carbonyl (C=O) groups is 1. The van der Waals surface area contributed by atoms with Crippen LogP contribution in [0.15, 0.2) is 88.8 Å². The first kappa shape index (κ1) is 21.3. The van der Waals surface area contributed by atoms with Crippen molar-refractivity contribution in [1.29, 1.82) is 0 Å². The summed E-state index contributed by atoms with van der Waals surface area (Å²) in [6, 6.07) is 23.0. The Labute approximate surface area is 188 Å². The second-order valence-electron chi connectivity index (χ2n) is 7.07. The molecule has 1 aliphatic heterocycles. The molecule has 0 atom stereocenters. The lowest BCUT2D eigenvalue weighted by Crippen LogP contribution is -2.28. The van der Waals surface area contributed by atoms with Gasteiger partial charge in [-0.05, 0) is 35.0 Å². The number of nitro groups is 1. The SMILES string of the molecule is O=C1/C(=C/c2cc([N+](=O)[O-])ccc2O)SC(=NCc2ccccc2)N1Cc1ccccc1. The van der Waals surface area contributed by atoms with Crippen molar-refractivity contribution in [2.45, 2.75) is 13.1 Å². The van der Waals surface area contributed by atoms with Gasteiger partial charge in [0.1, 0.15) is 5.75 Å². The molecule has 1 N–H and O–H groups in total. The topological polar surface area (TPSA) is 96.0 Å².